The fraction of sp³-hybridized carbons (Fsp3) is 0.226. The summed E-state index contributed by atoms with van der Waals surface area (Å²) in [5.74, 6) is 2.45. The van der Waals surface area contributed by atoms with Crippen molar-refractivity contribution < 1.29 is 35.8 Å². The van der Waals surface area contributed by atoms with Crippen LogP contribution in [0.25, 0.3) is 0 Å². The quantitative estimate of drug-likeness (QED) is 0.266. The van der Waals surface area contributed by atoms with E-state index < -0.39 is 25.5 Å². The first-order valence-corrected chi connectivity index (χ1v) is 16.5. The molecule has 4 aromatic rings. The summed E-state index contributed by atoms with van der Waals surface area (Å²) < 4.78 is 78.4. The average Bonchev–Trinajstić information content (AvgIpc) is 3.68. The van der Waals surface area contributed by atoms with Crippen molar-refractivity contribution in [2.24, 2.45) is 0 Å². The summed E-state index contributed by atoms with van der Waals surface area (Å²) in [6.45, 7) is 4.50. The first-order valence-electron chi connectivity index (χ1n) is 13.5. The smallest absolute Gasteiger partial charge is 0.240 e. The molecule has 2 aliphatic heterocycles. The molecule has 12 heteroatoms. The second kappa shape index (κ2) is 11.2. The fourth-order valence-corrected chi connectivity index (χ4v) is 6.93. The van der Waals surface area contributed by atoms with Crippen molar-refractivity contribution in [3.05, 3.63) is 107 Å². The van der Waals surface area contributed by atoms with Gasteiger partial charge in [0.2, 0.25) is 33.6 Å². The summed E-state index contributed by atoms with van der Waals surface area (Å²) in [7, 11) is -7.52. The van der Waals surface area contributed by atoms with Crippen LogP contribution in [0.5, 0.6) is 23.0 Å². The van der Waals surface area contributed by atoms with Gasteiger partial charge < -0.3 is 18.9 Å². The highest BCUT2D eigenvalue weighted by molar-refractivity contribution is 7.89. The number of sulfonamides is 2. The van der Waals surface area contributed by atoms with Crippen LogP contribution < -0.4 is 28.4 Å². The Labute approximate surface area is 250 Å². The molecule has 2 N–H and O–H groups in total. The highest BCUT2D eigenvalue weighted by atomic mass is 32.2. The van der Waals surface area contributed by atoms with Gasteiger partial charge in [-0.1, -0.05) is 50.2 Å². The molecule has 0 bridgehead atoms. The van der Waals surface area contributed by atoms with Gasteiger partial charge in [0.05, 0.1) is 9.79 Å². The predicted octanol–water partition coefficient (Wildman–Crippen LogP) is 4.43. The zero-order valence-corrected chi connectivity index (χ0v) is 25.1. The third-order valence-electron chi connectivity index (χ3n) is 7.58. The van der Waals surface area contributed by atoms with Gasteiger partial charge in [-0.15, -0.1) is 0 Å². The van der Waals surface area contributed by atoms with Crippen molar-refractivity contribution in [1.82, 2.24) is 9.44 Å². The Hall–Kier alpha value is -4.10. The van der Waals surface area contributed by atoms with E-state index in [1.165, 1.54) is 0 Å². The largest absolute Gasteiger partial charge is 0.454 e. The molecule has 4 aromatic carbocycles. The van der Waals surface area contributed by atoms with Gasteiger partial charge >= 0.3 is 0 Å². The molecule has 0 fully saturated rings. The van der Waals surface area contributed by atoms with E-state index in [0.29, 0.717) is 23.0 Å². The van der Waals surface area contributed by atoms with Crippen LogP contribution in [0.4, 0.5) is 0 Å². The van der Waals surface area contributed by atoms with Crippen LogP contribution >= 0.6 is 0 Å². The Morgan fingerprint density at radius 3 is 1.33 bits per heavy atom. The molecule has 43 heavy (non-hydrogen) atoms. The minimum atomic E-state index is -3.76. The zero-order valence-electron chi connectivity index (χ0n) is 23.5. The summed E-state index contributed by atoms with van der Waals surface area (Å²) in [5, 5.41) is 0. The van der Waals surface area contributed by atoms with E-state index in [1.807, 2.05) is 13.8 Å². The van der Waals surface area contributed by atoms with E-state index in [-0.39, 0.29) is 36.5 Å². The summed E-state index contributed by atoms with van der Waals surface area (Å²) in [5.41, 5.74) is 2.72. The highest BCUT2D eigenvalue weighted by Crippen LogP contribution is 2.35. The van der Waals surface area contributed by atoms with E-state index in [1.54, 1.807) is 84.9 Å². The standard InChI is InChI=1S/C31H30N2O8S2/c1-31(2,23-5-9-25(10-6-23)42(34,35)32-17-21-3-13-27-29(15-21)40-19-38-27)24-7-11-26(12-8-24)43(36,37)33-18-22-4-14-28-30(16-22)41-20-39-28/h3-16,32-33H,17-20H2,1-2H3. The van der Waals surface area contributed by atoms with E-state index in [0.717, 1.165) is 22.3 Å². The minimum absolute atomic E-state index is 0.104. The Balaban J connectivity index is 1.10. The van der Waals surface area contributed by atoms with Gasteiger partial charge in [-0.05, 0) is 70.8 Å². The average molecular weight is 623 g/mol. The van der Waals surface area contributed by atoms with Crippen LogP contribution in [0.15, 0.2) is 94.7 Å². The molecular weight excluding hydrogens is 592 g/mol. The van der Waals surface area contributed by atoms with Crippen molar-refractivity contribution in [3.63, 3.8) is 0 Å². The topological polar surface area (TPSA) is 129 Å². The lowest BCUT2D eigenvalue weighted by molar-refractivity contribution is 0.173. The maximum atomic E-state index is 13.0. The summed E-state index contributed by atoms with van der Waals surface area (Å²) in [4.78, 5) is 0.283. The maximum Gasteiger partial charge on any atom is 0.240 e. The lowest BCUT2D eigenvalue weighted by atomic mass is 9.78. The molecule has 0 spiro atoms. The fourth-order valence-electron chi connectivity index (χ4n) is 4.89. The lowest BCUT2D eigenvalue weighted by Gasteiger charge is -2.26. The number of fused-ring (bicyclic) bond motifs is 2. The van der Waals surface area contributed by atoms with E-state index >= 15 is 0 Å². The molecule has 0 atom stereocenters. The van der Waals surface area contributed by atoms with Crippen molar-refractivity contribution in [2.45, 2.75) is 42.1 Å². The van der Waals surface area contributed by atoms with Crippen LogP contribution in [0, 0.1) is 0 Å². The maximum absolute atomic E-state index is 13.0. The lowest BCUT2D eigenvalue weighted by Crippen LogP contribution is -2.24. The third-order valence-corrected chi connectivity index (χ3v) is 10.4. The molecule has 0 amide bonds. The zero-order chi connectivity index (χ0) is 30.2. The number of hydrogen-bond donors (Lipinski definition) is 2. The third kappa shape index (κ3) is 6.04. The van der Waals surface area contributed by atoms with Gasteiger partial charge in [-0.3, -0.25) is 0 Å². The van der Waals surface area contributed by atoms with Crippen molar-refractivity contribution >= 4 is 20.0 Å². The molecule has 0 unspecified atom stereocenters. The molecule has 0 aliphatic carbocycles. The van der Waals surface area contributed by atoms with E-state index in [2.05, 4.69) is 9.44 Å². The van der Waals surface area contributed by atoms with Gasteiger partial charge in [0.1, 0.15) is 0 Å². The molecule has 0 saturated heterocycles. The Bertz CT molecular complexity index is 1740. The van der Waals surface area contributed by atoms with Gasteiger partial charge in [-0.2, -0.15) is 0 Å². The van der Waals surface area contributed by atoms with Crippen molar-refractivity contribution in [1.29, 1.82) is 0 Å². The van der Waals surface area contributed by atoms with Gasteiger partial charge in [0.15, 0.2) is 23.0 Å². The van der Waals surface area contributed by atoms with Crippen molar-refractivity contribution in [3.8, 4) is 23.0 Å². The summed E-state index contributed by atoms with van der Waals surface area (Å²) in [6, 6.07) is 23.9. The molecule has 0 radical (unpaired) electrons. The van der Waals surface area contributed by atoms with Gasteiger partial charge in [0.25, 0.3) is 0 Å². The molecule has 0 saturated carbocycles. The van der Waals surface area contributed by atoms with Gasteiger partial charge in [-0.25, -0.2) is 26.3 Å². The predicted molar refractivity (Wildman–Crippen MR) is 158 cm³/mol. The van der Waals surface area contributed by atoms with Crippen LogP contribution in [-0.2, 0) is 38.6 Å². The van der Waals surface area contributed by atoms with Crippen molar-refractivity contribution in [2.75, 3.05) is 13.6 Å². The molecule has 2 heterocycles. The molecule has 224 valence electrons. The SMILES string of the molecule is CC(C)(c1ccc(S(=O)(=O)NCc2ccc3c(c2)OCO3)cc1)c1ccc(S(=O)(=O)NCc2ccc3c(c2)OCO3)cc1. The Morgan fingerprint density at radius 2 is 0.930 bits per heavy atom. The number of hydrogen-bond acceptors (Lipinski definition) is 8. The second-order valence-electron chi connectivity index (χ2n) is 10.7. The van der Waals surface area contributed by atoms with E-state index in [4.69, 9.17) is 18.9 Å². The molecule has 2 aliphatic rings. The Morgan fingerprint density at radius 1 is 0.558 bits per heavy atom. The van der Waals surface area contributed by atoms with Crippen LogP contribution in [-0.4, -0.2) is 30.4 Å². The number of rotatable bonds is 10. The van der Waals surface area contributed by atoms with Gasteiger partial charge in [0, 0.05) is 18.5 Å². The molecule has 6 rings (SSSR count). The Kier molecular flexibility index (Phi) is 7.55. The van der Waals surface area contributed by atoms with Crippen LogP contribution in [0.1, 0.15) is 36.1 Å². The number of ether oxygens (including phenoxy) is 4. The first kappa shape index (κ1) is 29.0. The summed E-state index contributed by atoms with van der Waals surface area (Å²) in [6.07, 6.45) is 0. The van der Waals surface area contributed by atoms with Crippen LogP contribution in [0.2, 0.25) is 0 Å². The molecular formula is C31H30N2O8S2. The summed E-state index contributed by atoms with van der Waals surface area (Å²) >= 11 is 0. The van der Waals surface area contributed by atoms with Crippen LogP contribution in [0.3, 0.4) is 0 Å². The highest BCUT2D eigenvalue weighted by Gasteiger charge is 2.25. The minimum Gasteiger partial charge on any atom is -0.454 e. The first-order chi connectivity index (χ1) is 20.5. The normalized spacial score (nSPS) is 14.2. The molecule has 10 nitrogen and oxygen atoms in total. The van der Waals surface area contributed by atoms with E-state index in [9.17, 15) is 16.8 Å². The monoisotopic (exact) mass is 622 g/mol. The second-order valence-corrected chi connectivity index (χ2v) is 14.2. The number of nitrogens with one attached hydrogen (secondary N) is 2. The molecule has 0 aromatic heterocycles. The number of benzene rings is 4.